The van der Waals surface area contributed by atoms with Crippen LogP contribution in [0.3, 0.4) is 0 Å². The number of nitrogens with one attached hydrogen (secondary N) is 2. The van der Waals surface area contributed by atoms with Crippen LogP contribution in [0, 0.1) is 19.8 Å². The molecule has 1 unspecified atom stereocenters. The van der Waals surface area contributed by atoms with Crippen molar-refractivity contribution in [2.24, 2.45) is 5.92 Å². The van der Waals surface area contributed by atoms with Crippen LogP contribution in [0.1, 0.15) is 38.3 Å². The number of hydrogen-bond donors (Lipinski definition) is 2. The van der Waals surface area contributed by atoms with Crippen molar-refractivity contribution in [1.82, 2.24) is 14.9 Å². The second kappa shape index (κ2) is 7.98. The predicted octanol–water partition coefficient (Wildman–Crippen LogP) is 1.34. The molecule has 1 aliphatic rings. The van der Waals surface area contributed by atoms with Gasteiger partial charge in [0, 0.05) is 31.6 Å². The topological polar surface area (TPSA) is 95.6 Å². The number of likely N-dealkylation sites (tertiary alicyclic amines) is 1. The summed E-state index contributed by atoms with van der Waals surface area (Å²) in [7, 11) is -3.63. The van der Waals surface area contributed by atoms with Crippen molar-refractivity contribution in [3.63, 3.8) is 0 Å². The third-order valence-corrected chi connectivity index (χ3v) is 6.26. The summed E-state index contributed by atoms with van der Waals surface area (Å²) in [6.07, 6.45) is 0.192. The Bertz CT molecular complexity index is 828. The third kappa shape index (κ3) is 5.29. The van der Waals surface area contributed by atoms with Gasteiger partial charge in [0.05, 0.1) is 10.8 Å². The number of hydrogen-bond acceptors (Lipinski definition) is 4. The van der Waals surface area contributed by atoms with E-state index in [0.717, 1.165) is 5.56 Å². The molecule has 1 heterocycles. The Labute approximate surface area is 161 Å². The Hall–Kier alpha value is -1.93. The van der Waals surface area contributed by atoms with Gasteiger partial charge in [-0.1, -0.05) is 12.1 Å². The summed E-state index contributed by atoms with van der Waals surface area (Å²) >= 11 is 0. The minimum Gasteiger partial charge on any atom is -0.354 e. The Morgan fingerprint density at radius 2 is 1.89 bits per heavy atom. The van der Waals surface area contributed by atoms with E-state index in [-0.39, 0.29) is 41.8 Å². The number of sulfonamides is 1. The first kappa shape index (κ1) is 21.4. The molecular weight excluding hydrogens is 366 g/mol. The normalized spacial score (nSPS) is 18.0. The molecule has 0 spiro atoms. The maximum atomic E-state index is 12.4. The molecule has 0 saturated carbocycles. The van der Waals surface area contributed by atoms with E-state index in [0.29, 0.717) is 12.1 Å². The molecule has 2 N–H and O–H groups in total. The summed E-state index contributed by atoms with van der Waals surface area (Å²) in [5, 5.41) is 2.72. The fourth-order valence-corrected chi connectivity index (χ4v) is 4.48. The molecule has 150 valence electrons. The molecule has 8 heteroatoms. The van der Waals surface area contributed by atoms with Crippen LogP contribution in [0.15, 0.2) is 23.1 Å². The summed E-state index contributed by atoms with van der Waals surface area (Å²) in [4.78, 5) is 26.3. The number of amides is 2. The molecule has 2 amide bonds. The zero-order valence-electron chi connectivity index (χ0n) is 16.6. The number of aryl methyl sites for hydroxylation is 2. The van der Waals surface area contributed by atoms with Crippen LogP contribution in [0.5, 0.6) is 0 Å². The highest BCUT2D eigenvalue weighted by Crippen LogP contribution is 2.25. The van der Waals surface area contributed by atoms with Gasteiger partial charge in [0.15, 0.2) is 0 Å². The van der Waals surface area contributed by atoms with Crippen LogP contribution in [0.2, 0.25) is 0 Å². The molecule has 1 fully saturated rings. The van der Waals surface area contributed by atoms with E-state index < -0.39 is 15.9 Å². The average molecular weight is 396 g/mol. The van der Waals surface area contributed by atoms with Gasteiger partial charge in [-0.25, -0.2) is 13.1 Å². The zero-order chi connectivity index (χ0) is 20.4. The van der Waals surface area contributed by atoms with Gasteiger partial charge in [-0.3, -0.25) is 9.59 Å². The van der Waals surface area contributed by atoms with Gasteiger partial charge >= 0.3 is 0 Å². The van der Waals surface area contributed by atoms with Crippen molar-refractivity contribution in [3.8, 4) is 0 Å². The predicted molar refractivity (Wildman–Crippen MR) is 104 cm³/mol. The molecule has 27 heavy (non-hydrogen) atoms. The lowest BCUT2D eigenvalue weighted by atomic mass is 10.1. The van der Waals surface area contributed by atoms with Gasteiger partial charge < -0.3 is 10.2 Å². The Morgan fingerprint density at radius 3 is 2.48 bits per heavy atom. The van der Waals surface area contributed by atoms with Gasteiger partial charge in [-0.05, 0) is 51.8 Å². The zero-order valence-corrected chi connectivity index (χ0v) is 17.4. The van der Waals surface area contributed by atoms with Gasteiger partial charge in [0.1, 0.15) is 0 Å². The van der Waals surface area contributed by atoms with Crippen LogP contribution in [0.4, 0.5) is 0 Å². The van der Waals surface area contributed by atoms with Gasteiger partial charge in [-0.2, -0.15) is 0 Å². The highest BCUT2D eigenvalue weighted by atomic mass is 32.2. The maximum absolute atomic E-state index is 12.4. The highest BCUT2D eigenvalue weighted by Gasteiger charge is 2.39. The fraction of sp³-hybridized carbons (Fsp3) is 0.579. The van der Waals surface area contributed by atoms with E-state index >= 15 is 0 Å². The fourth-order valence-electron chi connectivity index (χ4n) is 3.12. The summed E-state index contributed by atoms with van der Waals surface area (Å²) in [5.41, 5.74) is 1.22. The molecule has 0 bridgehead atoms. The van der Waals surface area contributed by atoms with Crippen molar-refractivity contribution in [2.75, 3.05) is 19.6 Å². The number of nitrogens with zero attached hydrogens (tertiary/aromatic N) is 1. The second-order valence-electron chi connectivity index (χ2n) is 8.03. The summed E-state index contributed by atoms with van der Waals surface area (Å²) in [5.74, 6) is -0.647. The van der Waals surface area contributed by atoms with Crippen LogP contribution in [-0.2, 0) is 19.6 Å². The Balaban J connectivity index is 1.85. The molecule has 1 aliphatic heterocycles. The quantitative estimate of drug-likeness (QED) is 0.711. The first-order valence-electron chi connectivity index (χ1n) is 9.07. The number of carbonyl (C=O) groups excluding carboxylic acids is 2. The Morgan fingerprint density at radius 1 is 1.22 bits per heavy atom. The van der Waals surface area contributed by atoms with E-state index in [2.05, 4.69) is 10.0 Å². The van der Waals surface area contributed by atoms with Crippen LogP contribution in [0.25, 0.3) is 0 Å². The molecule has 1 aromatic rings. The number of benzene rings is 1. The first-order valence-corrected chi connectivity index (χ1v) is 10.6. The molecule has 0 aliphatic carbocycles. The third-order valence-electron chi connectivity index (χ3n) is 4.66. The van der Waals surface area contributed by atoms with E-state index in [4.69, 9.17) is 0 Å². The van der Waals surface area contributed by atoms with E-state index in [1.807, 2.05) is 33.8 Å². The van der Waals surface area contributed by atoms with E-state index in [9.17, 15) is 18.0 Å². The summed E-state index contributed by atoms with van der Waals surface area (Å²) < 4.78 is 27.4. The van der Waals surface area contributed by atoms with Crippen molar-refractivity contribution in [3.05, 3.63) is 29.3 Å². The van der Waals surface area contributed by atoms with Crippen molar-refractivity contribution in [2.45, 2.75) is 51.5 Å². The largest absolute Gasteiger partial charge is 0.354 e. The van der Waals surface area contributed by atoms with Crippen molar-refractivity contribution < 1.29 is 18.0 Å². The first-order chi connectivity index (χ1) is 12.4. The molecule has 0 radical (unpaired) electrons. The summed E-state index contributed by atoms with van der Waals surface area (Å²) in [6, 6.07) is 5.25. The average Bonchev–Trinajstić information content (AvgIpc) is 2.96. The van der Waals surface area contributed by atoms with Crippen LogP contribution < -0.4 is 10.0 Å². The lowest BCUT2D eigenvalue weighted by Gasteiger charge is -2.31. The molecule has 2 rings (SSSR count). The minimum absolute atomic E-state index is 0.0294. The number of rotatable bonds is 6. The molecule has 1 saturated heterocycles. The smallest absolute Gasteiger partial charge is 0.240 e. The molecule has 1 atom stereocenters. The van der Waals surface area contributed by atoms with Gasteiger partial charge in [-0.15, -0.1) is 0 Å². The number of carbonyl (C=O) groups is 2. The van der Waals surface area contributed by atoms with Crippen molar-refractivity contribution >= 4 is 21.8 Å². The van der Waals surface area contributed by atoms with Crippen LogP contribution >= 0.6 is 0 Å². The lowest BCUT2D eigenvalue weighted by molar-refractivity contribution is -0.132. The monoisotopic (exact) mass is 395 g/mol. The van der Waals surface area contributed by atoms with E-state index in [1.165, 1.54) is 0 Å². The van der Waals surface area contributed by atoms with E-state index in [1.54, 1.807) is 24.0 Å². The second-order valence-corrected chi connectivity index (χ2v) is 9.77. The molecule has 0 aromatic heterocycles. The van der Waals surface area contributed by atoms with Crippen molar-refractivity contribution in [1.29, 1.82) is 0 Å². The molecular formula is C19H29N3O4S. The Kier molecular flexibility index (Phi) is 6.32. The minimum atomic E-state index is -3.63. The lowest BCUT2D eigenvalue weighted by Crippen LogP contribution is -2.43. The SMILES string of the molecule is Cc1ccc(C)c(S(=O)(=O)NCCNC(=O)C2CC(=O)N(C(C)(C)C)C2)c1. The van der Waals surface area contributed by atoms with Gasteiger partial charge in [0.2, 0.25) is 21.8 Å². The maximum Gasteiger partial charge on any atom is 0.240 e. The van der Waals surface area contributed by atoms with Crippen LogP contribution in [-0.4, -0.2) is 50.3 Å². The highest BCUT2D eigenvalue weighted by molar-refractivity contribution is 7.89. The molecule has 1 aromatic carbocycles. The standard InChI is InChI=1S/C19H29N3O4S/c1-13-6-7-14(2)16(10-13)27(25,26)21-9-8-20-18(24)15-11-17(23)22(12-15)19(3,4)5/h6-7,10,15,21H,8-9,11-12H2,1-5H3,(H,20,24). The molecule has 7 nitrogen and oxygen atoms in total. The van der Waals surface area contributed by atoms with Gasteiger partial charge in [0.25, 0.3) is 0 Å². The summed E-state index contributed by atoms with van der Waals surface area (Å²) in [6.45, 7) is 10.0.